The first kappa shape index (κ1) is 7.90. The van der Waals surface area contributed by atoms with Crippen molar-refractivity contribution in [3.05, 3.63) is 24.5 Å². The number of fused-ring (bicyclic) bond motifs is 1. The molecule has 0 saturated heterocycles. The highest BCUT2D eigenvalue weighted by molar-refractivity contribution is 5.25. The fourth-order valence-electron chi connectivity index (χ4n) is 2.33. The van der Waals surface area contributed by atoms with Gasteiger partial charge in [-0.25, -0.2) is 0 Å². The fourth-order valence-corrected chi connectivity index (χ4v) is 2.33. The van der Waals surface area contributed by atoms with E-state index in [1.54, 1.807) is 6.26 Å². The lowest BCUT2D eigenvalue weighted by Crippen LogP contribution is -2.36. The number of ether oxygens (including phenoxy) is 1. The number of hydrogen-bond acceptors (Lipinski definition) is 1. The van der Waals surface area contributed by atoms with Crippen molar-refractivity contribution < 1.29 is 4.74 Å². The van der Waals surface area contributed by atoms with Gasteiger partial charge in [0.2, 0.25) is 0 Å². The molecule has 0 spiro atoms. The summed E-state index contributed by atoms with van der Waals surface area (Å²) in [6, 6.07) is 0. The van der Waals surface area contributed by atoms with Gasteiger partial charge in [-0.3, -0.25) is 0 Å². The summed E-state index contributed by atoms with van der Waals surface area (Å²) >= 11 is 0. The highest BCUT2D eigenvalue weighted by atomic mass is 16.5. The van der Waals surface area contributed by atoms with Crippen LogP contribution in [0.4, 0.5) is 0 Å². The first-order valence-electron chi connectivity index (χ1n) is 4.77. The minimum Gasteiger partial charge on any atom is -0.494 e. The Bertz CT molecular complexity index is 217. The summed E-state index contributed by atoms with van der Waals surface area (Å²) in [7, 11) is 0. The third-order valence-electron chi connectivity index (χ3n) is 3.05. The van der Waals surface area contributed by atoms with Crippen molar-refractivity contribution >= 4 is 0 Å². The van der Waals surface area contributed by atoms with Gasteiger partial charge in [-0.1, -0.05) is 19.6 Å². The minimum atomic E-state index is 0.375. The quantitative estimate of drug-likeness (QED) is 0.450. The van der Waals surface area contributed by atoms with E-state index >= 15 is 0 Å². The van der Waals surface area contributed by atoms with Crippen LogP contribution in [0.5, 0.6) is 0 Å². The van der Waals surface area contributed by atoms with E-state index in [9.17, 15) is 0 Å². The van der Waals surface area contributed by atoms with E-state index in [0.717, 1.165) is 11.8 Å². The lowest BCUT2D eigenvalue weighted by atomic mass is 9.68. The van der Waals surface area contributed by atoms with Crippen LogP contribution in [0.2, 0.25) is 0 Å². The monoisotopic (exact) mass is 164 g/mol. The Hall–Kier alpha value is -0.720. The predicted molar refractivity (Wildman–Crippen MR) is 49.7 cm³/mol. The van der Waals surface area contributed by atoms with Gasteiger partial charge < -0.3 is 4.74 Å². The Morgan fingerprint density at radius 3 is 3.08 bits per heavy atom. The van der Waals surface area contributed by atoms with Gasteiger partial charge in [0.05, 0.1) is 6.26 Å². The second-order valence-corrected chi connectivity index (χ2v) is 4.00. The third-order valence-corrected chi connectivity index (χ3v) is 3.05. The highest BCUT2D eigenvalue weighted by Gasteiger charge is 2.38. The first-order valence-corrected chi connectivity index (χ1v) is 4.77. The Morgan fingerprint density at radius 2 is 2.42 bits per heavy atom. The van der Waals surface area contributed by atoms with E-state index in [-0.39, 0.29) is 0 Å². The summed E-state index contributed by atoms with van der Waals surface area (Å²) in [5.41, 5.74) is 1.54. The van der Waals surface area contributed by atoms with Gasteiger partial charge in [0, 0.05) is 0 Å². The zero-order valence-corrected chi connectivity index (χ0v) is 7.62. The molecular formula is C11H16O. The summed E-state index contributed by atoms with van der Waals surface area (Å²) in [6.07, 6.45) is 8.13. The first-order chi connectivity index (χ1) is 5.81. The molecule has 0 bridgehead atoms. The van der Waals surface area contributed by atoms with Crippen molar-refractivity contribution in [2.45, 2.75) is 32.3 Å². The summed E-state index contributed by atoms with van der Waals surface area (Å²) in [4.78, 5) is 0. The molecule has 1 fully saturated rings. The van der Waals surface area contributed by atoms with Crippen LogP contribution in [0.1, 0.15) is 26.2 Å². The molecule has 0 aliphatic heterocycles. The third kappa shape index (κ3) is 1.17. The number of hydrogen-bond donors (Lipinski definition) is 0. The Morgan fingerprint density at radius 1 is 1.58 bits per heavy atom. The normalized spacial score (nSPS) is 39.1. The molecule has 2 rings (SSSR count). The largest absolute Gasteiger partial charge is 0.494 e. The summed E-state index contributed by atoms with van der Waals surface area (Å²) in [5.74, 6) is 1.71. The van der Waals surface area contributed by atoms with E-state index in [2.05, 4.69) is 19.6 Å². The lowest BCUT2D eigenvalue weighted by Gasteiger charge is -2.42. The maximum Gasteiger partial charge on any atom is 0.120 e. The van der Waals surface area contributed by atoms with E-state index in [1.807, 2.05) is 0 Å². The summed E-state index contributed by atoms with van der Waals surface area (Å²) < 4.78 is 5.38. The average Bonchev–Trinajstić information content (AvgIpc) is 2.01. The molecule has 3 unspecified atom stereocenters. The van der Waals surface area contributed by atoms with Crippen LogP contribution >= 0.6 is 0 Å². The Kier molecular flexibility index (Phi) is 1.95. The van der Waals surface area contributed by atoms with Gasteiger partial charge in [0.1, 0.15) is 6.10 Å². The van der Waals surface area contributed by atoms with E-state index in [0.29, 0.717) is 6.10 Å². The number of rotatable bonds is 2. The molecule has 3 atom stereocenters. The standard InChI is InChI=1S/C11H16O/c1-3-12-11-7-9-6-8(2)4-5-10(9)11/h3,5,8-9,11H,1,4,6-7H2,2H3. The molecule has 0 aromatic heterocycles. The molecule has 0 amide bonds. The van der Waals surface area contributed by atoms with Crippen molar-refractivity contribution in [3.63, 3.8) is 0 Å². The topological polar surface area (TPSA) is 9.23 Å². The van der Waals surface area contributed by atoms with Crippen molar-refractivity contribution in [1.82, 2.24) is 0 Å². The molecule has 12 heavy (non-hydrogen) atoms. The van der Waals surface area contributed by atoms with Crippen molar-refractivity contribution in [2.24, 2.45) is 11.8 Å². The van der Waals surface area contributed by atoms with E-state index < -0.39 is 0 Å². The maximum absolute atomic E-state index is 5.38. The molecule has 2 aliphatic carbocycles. The average molecular weight is 164 g/mol. The van der Waals surface area contributed by atoms with Crippen LogP contribution in [0.25, 0.3) is 0 Å². The van der Waals surface area contributed by atoms with Crippen LogP contribution in [0.15, 0.2) is 24.5 Å². The SMILES string of the molecule is C=COC1CC2CC(C)CC=C21. The second kappa shape index (κ2) is 2.96. The Balaban J connectivity index is 1.99. The molecular weight excluding hydrogens is 148 g/mol. The predicted octanol–water partition coefficient (Wildman–Crippen LogP) is 2.89. The Labute approximate surface area is 74.1 Å². The molecule has 0 aromatic carbocycles. The van der Waals surface area contributed by atoms with Gasteiger partial charge in [-0.15, -0.1) is 0 Å². The van der Waals surface area contributed by atoms with Crippen molar-refractivity contribution in [1.29, 1.82) is 0 Å². The highest BCUT2D eigenvalue weighted by Crippen LogP contribution is 2.44. The van der Waals surface area contributed by atoms with Crippen LogP contribution in [0, 0.1) is 11.8 Å². The molecule has 0 heterocycles. The van der Waals surface area contributed by atoms with Gasteiger partial charge in [0.15, 0.2) is 0 Å². The van der Waals surface area contributed by atoms with Crippen molar-refractivity contribution in [2.75, 3.05) is 0 Å². The molecule has 0 aromatic rings. The van der Waals surface area contributed by atoms with Crippen LogP contribution in [-0.4, -0.2) is 6.10 Å². The fraction of sp³-hybridized carbons (Fsp3) is 0.636. The minimum absolute atomic E-state index is 0.375. The maximum atomic E-state index is 5.38. The molecule has 1 saturated carbocycles. The van der Waals surface area contributed by atoms with Gasteiger partial charge in [0.25, 0.3) is 0 Å². The molecule has 0 N–H and O–H groups in total. The van der Waals surface area contributed by atoms with Crippen molar-refractivity contribution in [3.8, 4) is 0 Å². The second-order valence-electron chi connectivity index (χ2n) is 4.00. The lowest BCUT2D eigenvalue weighted by molar-refractivity contribution is 0.0788. The van der Waals surface area contributed by atoms with E-state index in [1.165, 1.54) is 24.8 Å². The van der Waals surface area contributed by atoms with Gasteiger partial charge in [-0.05, 0) is 36.7 Å². The smallest absolute Gasteiger partial charge is 0.120 e. The van der Waals surface area contributed by atoms with Gasteiger partial charge >= 0.3 is 0 Å². The van der Waals surface area contributed by atoms with E-state index in [4.69, 9.17) is 4.74 Å². The molecule has 1 nitrogen and oxygen atoms in total. The van der Waals surface area contributed by atoms with Crippen LogP contribution in [-0.2, 0) is 4.74 Å². The zero-order chi connectivity index (χ0) is 8.55. The van der Waals surface area contributed by atoms with Crippen LogP contribution < -0.4 is 0 Å². The molecule has 2 aliphatic rings. The zero-order valence-electron chi connectivity index (χ0n) is 7.62. The van der Waals surface area contributed by atoms with Gasteiger partial charge in [-0.2, -0.15) is 0 Å². The number of allylic oxidation sites excluding steroid dienone is 1. The summed E-state index contributed by atoms with van der Waals surface area (Å²) in [5, 5.41) is 0. The molecule has 1 heteroatoms. The molecule has 0 radical (unpaired) electrons. The van der Waals surface area contributed by atoms with Crippen LogP contribution in [0.3, 0.4) is 0 Å². The molecule has 66 valence electrons. The summed E-state index contributed by atoms with van der Waals surface area (Å²) in [6.45, 7) is 5.91.